The van der Waals surface area contributed by atoms with E-state index < -0.39 is 0 Å². The van der Waals surface area contributed by atoms with Gasteiger partial charge in [-0.2, -0.15) is 0 Å². The second-order valence-electron chi connectivity index (χ2n) is 5.95. The van der Waals surface area contributed by atoms with Crippen LogP contribution in [0, 0.1) is 23.2 Å². The van der Waals surface area contributed by atoms with Crippen molar-refractivity contribution in [3.05, 3.63) is 0 Å². The Morgan fingerprint density at radius 2 is 2.06 bits per heavy atom. The molecule has 0 unspecified atom stereocenters. The van der Waals surface area contributed by atoms with Gasteiger partial charge in [0.25, 0.3) is 0 Å². The van der Waals surface area contributed by atoms with Crippen LogP contribution in [0.4, 0.5) is 0 Å². The zero-order valence-corrected chi connectivity index (χ0v) is 10.6. The molecule has 0 spiro atoms. The molecule has 3 nitrogen and oxygen atoms in total. The van der Waals surface area contributed by atoms with Crippen molar-refractivity contribution in [2.24, 2.45) is 23.2 Å². The lowest BCUT2D eigenvalue weighted by molar-refractivity contribution is -0.105. The van der Waals surface area contributed by atoms with Crippen molar-refractivity contribution in [1.82, 2.24) is 0 Å². The van der Waals surface area contributed by atoms with Crippen LogP contribution in [-0.4, -0.2) is 31.7 Å². The second-order valence-corrected chi connectivity index (χ2v) is 5.95. The number of fused-ring (bicyclic) bond motifs is 2. The van der Waals surface area contributed by atoms with E-state index in [0.717, 1.165) is 6.42 Å². The molecule has 1 N–H and O–H groups in total. The average Bonchev–Trinajstić information content (AvgIpc) is 2.42. The fraction of sp³-hybridized carbons (Fsp3) is 1.00. The van der Waals surface area contributed by atoms with E-state index in [0.29, 0.717) is 36.6 Å². The molecule has 2 rings (SSSR count). The largest absolute Gasteiger partial charge is 0.393 e. The Hall–Kier alpha value is -0.120. The molecule has 2 bridgehead atoms. The van der Waals surface area contributed by atoms with Gasteiger partial charge < -0.3 is 14.6 Å². The maximum absolute atomic E-state index is 10.2. The fourth-order valence-electron chi connectivity index (χ4n) is 3.84. The molecule has 2 aliphatic rings. The van der Waals surface area contributed by atoms with Crippen molar-refractivity contribution in [2.75, 3.05) is 20.5 Å². The van der Waals surface area contributed by atoms with E-state index in [1.54, 1.807) is 7.11 Å². The van der Waals surface area contributed by atoms with E-state index in [4.69, 9.17) is 9.47 Å². The van der Waals surface area contributed by atoms with Gasteiger partial charge in [-0.1, -0.05) is 13.8 Å². The first-order chi connectivity index (χ1) is 7.57. The summed E-state index contributed by atoms with van der Waals surface area (Å²) in [6.45, 7) is 5.67. The maximum Gasteiger partial charge on any atom is 0.146 e. The van der Waals surface area contributed by atoms with Gasteiger partial charge >= 0.3 is 0 Å². The summed E-state index contributed by atoms with van der Waals surface area (Å²) in [7, 11) is 1.63. The van der Waals surface area contributed by atoms with E-state index in [9.17, 15) is 5.11 Å². The van der Waals surface area contributed by atoms with Gasteiger partial charge in [-0.15, -0.1) is 0 Å². The number of rotatable bonds is 4. The van der Waals surface area contributed by atoms with Crippen molar-refractivity contribution in [2.45, 2.75) is 39.2 Å². The zero-order chi connectivity index (χ0) is 11.8. The van der Waals surface area contributed by atoms with Crippen molar-refractivity contribution in [3.8, 4) is 0 Å². The highest BCUT2D eigenvalue weighted by Crippen LogP contribution is 2.57. The van der Waals surface area contributed by atoms with Crippen LogP contribution in [0.3, 0.4) is 0 Å². The van der Waals surface area contributed by atoms with Crippen LogP contribution < -0.4 is 0 Å². The van der Waals surface area contributed by atoms with Crippen LogP contribution in [0.1, 0.15) is 33.1 Å². The normalized spacial score (nSPS) is 41.2. The SMILES string of the molecule is COCOC[C@@H]1[C@H]2CC[C@@H](C[C@@H]1O)C2(C)C. The standard InChI is InChI=1S/C13H24O3/c1-13(2)9-4-5-11(13)10(12(14)6-9)7-16-8-15-3/h9-12,14H,4-8H2,1-3H3/t9-,10+,11+,12-/m0/s1. The minimum Gasteiger partial charge on any atom is -0.393 e. The summed E-state index contributed by atoms with van der Waals surface area (Å²) in [5.41, 5.74) is 0.375. The smallest absolute Gasteiger partial charge is 0.146 e. The monoisotopic (exact) mass is 228 g/mol. The molecule has 0 saturated heterocycles. The maximum atomic E-state index is 10.2. The van der Waals surface area contributed by atoms with Crippen LogP contribution in [0.5, 0.6) is 0 Å². The lowest BCUT2D eigenvalue weighted by Crippen LogP contribution is -2.45. The number of ether oxygens (including phenoxy) is 2. The summed E-state index contributed by atoms with van der Waals surface area (Å²) in [6, 6.07) is 0. The van der Waals surface area contributed by atoms with Crippen LogP contribution in [0.2, 0.25) is 0 Å². The van der Waals surface area contributed by atoms with E-state index in [1.165, 1.54) is 12.8 Å². The minimum absolute atomic E-state index is 0.178. The third-order valence-electron chi connectivity index (χ3n) is 4.88. The molecule has 2 fully saturated rings. The molecular weight excluding hydrogens is 204 g/mol. The van der Waals surface area contributed by atoms with Gasteiger partial charge in [0.2, 0.25) is 0 Å². The molecular formula is C13H24O3. The summed E-state index contributed by atoms with van der Waals surface area (Å²) in [5, 5.41) is 10.2. The first kappa shape index (κ1) is 12.3. The summed E-state index contributed by atoms with van der Waals surface area (Å²) in [4.78, 5) is 0. The van der Waals surface area contributed by atoms with Crippen LogP contribution in [0.25, 0.3) is 0 Å². The molecule has 0 aliphatic heterocycles. The zero-order valence-electron chi connectivity index (χ0n) is 10.6. The van der Waals surface area contributed by atoms with E-state index >= 15 is 0 Å². The third-order valence-corrected chi connectivity index (χ3v) is 4.88. The van der Waals surface area contributed by atoms with Crippen LogP contribution in [-0.2, 0) is 9.47 Å². The summed E-state index contributed by atoms with van der Waals surface area (Å²) in [6.07, 6.45) is 3.29. The topological polar surface area (TPSA) is 38.7 Å². The molecule has 0 heterocycles. The van der Waals surface area contributed by atoms with E-state index in [-0.39, 0.29) is 6.10 Å². The Labute approximate surface area is 98.1 Å². The highest BCUT2D eigenvalue weighted by atomic mass is 16.7. The van der Waals surface area contributed by atoms with Gasteiger partial charge in [-0.05, 0) is 36.5 Å². The molecule has 0 aromatic carbocycles. The van der Waals surface area contributed by atoms with E-state index in [2.05, 4.69) is 13.8 Å². The second kappa shape index (κ2) is 4.63. The Balaban J connectivity index is 2.00. The van der Waals surface area contributed by atoms with Crippen molar-refractivity contribution < 1.29 is 14.6 Å². The number of hydrogen-bond donors (Lipinski definition) is 1. The molecule has 2 saturated carbocycles. The Kier molecular flexibility index (Phi) is 3.57. The van der Waals surface area contributed by atoms with Gasteiger partial charge in [0, 0.05) is 13.0 Å². The lowest BCUT2D eigenvalue weighted by Gasteiger charge is -2.45. The predicted octanol–water partition coefficient (Wildman–Crippen LogP) is 2.04. The van der Waals surface area contributed by atoms with Gasteiger partial charge in [0.05, 0.1) is 12.7 Å². The minimum atomic E-state index is -0.178. The molecule has 3 heteroatoms. The predicted molar refractivity (Wildman–Crippen MR) is 61.9 cm³/mol. The molecule has 2 aliphatic carbocycles. The lowest BCUT2D eigenvalue weighted by atomic mass is 9.62. The summed E-state index contributed by atoms with van der Waals surface area (Å²) in [5.74, 6) is 1.60. The Morgan fingerprint density at radius 3 is 2.75 bits per heavy atom. The molecule has 16 heavy (non-hydrogen) atoms. The molecule has 4 atom stereocenters. The van der Waals surface area contributed by atoms with Gasteiger partial charge in [-0.25, -0.2) is 0 Å². The first-order valence-electron chi connectivity index (χ1n) is 6.32. The summed E-state index contributed by atoms with van der Waals surface area (Å²) >= 11 is 0. The van der Waals surface area contributed by atoms with Crippen molar-refractivity contribution in [1.29, 1.82) is 0 Å². The fourth-order valence-corrected chi connectivity index (χ4v) is 3.84. The molecule has 0 aromatic heterocycles. The highest BCUT2D eigenvalue weighted by Gasteiger charge is 2.52. The molecule has 0 aromatic rings. The quantitative estimate of drug-likeness (QED) is 0.591. The number of aliphatic hydroxyl groups is 1. The van der Waals surface area contributed by atoms with Gasteiger partial charge in [0.1, 0.15) is 6.79 Å². The van der Waals surface area contributed by atoms with Crippen molar-refractivity contribution in [3.63, 3.8) is 0 Å². The molecule has 0 amide bonds. The van der Waals surface area contributed by atoms with Gasteiger partial charge in [0.15, 0.2) is 0 Å². The van der Waals surface area contributed by atoms with Crippen molar-refractivity contribution >= 4 is 0 Å². The molecule has 94 valence electrons. The average molecular weight is 228 g/mol. The van der Waals surface area contributed by atoms with E-state index in [1.807, 2.05) is 0 Å². The highest BCUT2D eigenvalue weighted by molar-refractivity contribution is 5.01. The molecule has 0 radical (unpaired) electrons. The Bertz CT molecular complexity index is 239. The first-order valence-corrected chi connectivity index (χ1v) is 6.32. The summed E-state index contributed by atoms with van der Waals surface area (Å²) < 4.78 is 10.3. The number of methoxy groups -OCH3 is 1. The Morgan fingerprint density at radius 1 is 1.31 bits per heavy atom. The number of hydrogen-bond acceptors (Lipinski definition) is 3. The number of aliphatic hydroxyl groups excluding tert-OH is 1. The third kappa shape index (κ3) is 2.01. The van der Waals surface area contributed by atoms with Crippen LogP contribution in [0.15, 0.2) is 0 Å². The van der Waals surface area contributed by atoms with Crippen LogP contribution >= 0.6 is 0 Å². The van der Waals surface area contributed by atoms with Gasteiger partial charge in [-0.3, -0.25) is 0 Å².